The zero-order valence-corrected chi connectivity index (χ0v) is 18.9. The first-order valence-corrected chi connectivity index (χ1v) is 10.7. The number of carbonyl (C=O) groups is 2. The van der Waals surface area contributed by atoms with Gasteiger partial charge in [-0.15, -0.1) is 0 Å². The quantitative estimate of drug-likeness (QED) is 0.489. The molecule has 1 heterocycles. The van der Waals surface area contributed by atoms with Crippen molar-refractivity contribution in [3.8, 4) is 5.75 Å². The van der Waals surface area contributed by atoms with E-state index < -0.39 is 11.8 Å². The highest BCUT2D eigenvalue weighted by Crippen LogP contribution is 2.38. The predicted molar refractivity (Wildman–Crippen MR) is 128 cm³/mol. The van der Waals surface area contributed by atoms with Gasteiger partial charge in [-0.3, -0.25) is 9.59 Å². The Morgan fingerprint density at radius 2 is 1.62 bits per heavy atom. The zero-order valence-electron chi connectivity index (χ0n) is 18.1. The van der Waals surface area contributed by atoms with Gasteiger partial charge in [0.05, 0.1) is 17.9 Å². The molecule has 0 saturated heterocycles. The molecule has 0 spiro atoms. The van der Waals surface area contributed by atoms with Gasteiger partial charge in [-0.1, -0.05) is 59.6 Å². The first-order chi connectivity index (χ1) is 15.4. The minimum atomic E-state index is -0.447. The molecule has 162 valence electrons. The van der Waals surface area contributed by atoms with Gasteiger partial charge in [0.1, 0.15) is 11.4 Å². The van der Waals surface area contributed by atoms with Crippen LogP contribution in [0.2, 0.25) is 5.02 Å². The number of amides is 2. The summed E-state index contributed by atoms with van der Waals surface area (Å²) in [4.78, 5) is 28.4. The van der Waals surface area contributed by atoms with E-state index in [1.165, 1.54) is 4.90 Å². The molecule has 0 bridgehead atoms. The predicted octanol–water partition coefficient (Wildman–Crippen LogP) is 5.75. The highest BCUT2D eigenvalue weighted by atomic mass is 35.5. The Morgan fingerprint density at radius 1 is 0.906 bits per heavy atom. The molecule has 1 N–H and O–H groups in total. The fourth-order valence-electron chi connectivity index (χ4n) is 3.65. The summed E-state index contributed by atoms with van der Waals surface area (Å²) in [6.45, 7) is 6.10. The Kier molecular flexibility index (Phi) is 6.01. The third-order valence-corrected chi connectivity index (χ3v) is 5.77. The van der Waals surface area contributed by atoms with Crippen molar-refractivity contribution in [3.05, 3.63) is 94.1 Å². The van der Waals surface area contributed by atoms with E-state index in [0.717, 1.165) is 11.1 Å². The monoisotopic (exact) mass is 446 g/mol. The van der Waals surface area contributed by atoms with E-state index in [4.69, 9.17) is 16.3 Å². The molecule has 0 atom stereocenters. The second kappa shape index (κ2) is 8.89. The summed E-state index contributed by atoms with van der Waals surface area (Å²) < 4.78 is 5.69. The number of aryl methyl sites for hydroxylation is 1. The van der Waals surface area contributed by atoms with Gasteiger partial charge in [0, 0.05) is 10.7 Å². The lowest BCUT2D eigenvalue weighted by Gasteiger charge is -2.19. The minimum absolute atomic E-state index is 0.204. The van der Waals surface area contributed by atoms with Crippen molar-refractivity contribution in [3.63, 3.8) is 0 Å². The van der Waals surface area contributed by atoms with Gasteiger partial charge in [0.15, 0.2) is 0 Å². The molecule has 5 nitrogen and oxygen atoms in total. The highest BCUT2D eigenvalue weighted by molar-refractivity contribution is 6.46. The summed E-state index contributed by atoms with van der Waals surface area (Å²) in [6.07, 6.45) is 0. The number of imide groups is 1. The second-order valence-electron chi connectivity index (χ2n) is 7.50. The van der Waals surface area contributed by atoms with Crippen LogP contribution in [-0.4, -0.2) is 18.4 Å². The summed E-state index contributed by atoms with van der Waals surface area (Å²) in [7, 11) is 0. The minimum Gasteiger partial charge on any atom is -0.492 e. The fourth-order valence-corrected chi connectivity index (χ4v) is 3.82. The van der Waals surface area contributed by atoms with Crippen molar-refractivity contribution in [2.45, 2.75) is 20.8 Å². The molecule has 0 radical (unpaired) electrons. The average molecular weight is 447 g/mol. The molecule has 0 aromatic heterocycles. The molecule has 1 aliphatic rings. The van der Waals surface area contributed by atoms with Crippen molar-refractivity contribution in [2.75, 3.05) is 16.8 Å². The van der Waals surface area contributed by atoms with Crippen LogP contribution < -0.4 is 15.0 Å². The number of para-hydroxylation sites is 2. The smallest absolute Gasteiger partial charge is 0.282 e. The number of anilines is 2. The summed E-state index contributed by atoms with van der Waals surface area (Å²) >= 11 is 6.28. The lowest BCUT2D eigenvalue weighted by Crippen LogP contribution is -2.32. The van der Waals surface area contributed by atoms with Crippen LogP contribution in [0, 0.1) is 13.8 Å². The number of halogens is 1. The molecule has 32 heavy (non-hydrogen) atoms. The van der Waals surface area contributed by atoms with E-state index >= 15 is 0 Å². The molecule has 0 fully saturated rings. The lowest BCUT2D eigenvalue weighted by atomic mass is 10.0. The van der Waals surface area contributed by atoms with E-state index in [9.17, 15) is 9.59 Å². The van der Waals surface area contributed by atoms with Gasteiger partial charge < -0.3 is 10.1 Å². The molecule has 0 saturated carbocycles. The van der Waals surface area contributed by atoms with E-state index in [1.807, 2.05) is 57.2 Å². The Bertz CT molecular complexity index is 1230. The van der Waals surface area contributed by atoms with Gasteiger partial charge in [-0.05, 0) is 56.2 Å². The number of nitrogens with one attached hydrogen (secondary N) is 1. The van der Waals surface area contributed by atoms with Crippen LogP contribution >= 0.6 is 11.6 Å². The van der Waals surface area contributed by atoms with Crippen molar-refractivity contribution in [2.24, 2.45) is 0 Å². The van der Waals surface area contributed by atoms with Crippen LogP contribution in [0.25, 0.3) is 5.57 Å². The maximum absolute atomic E-state index is 13.6. The lowest BCUT2D eigenvalue weighted by molar-refractivity contribution is -0.120. The summed E-state index contributed by atoms with van der Waals surface area (Å²) in [6, 6.07) is 20.0. The van der Waals surface area contributed by atoms with E-state index in [1.54, 1.807) is 30.3 Å². The molecule has 1 aliphatic heterocycles. The average Bonchev–Trinajstić information content (AvgIpc) is 3.02. The third-order valence-electron chi connectivity index (χ3n) is 5.36. The van der Waals surface area contributed by atoms with Crippen molar-refractivity contribution in [1.29, 1.82) is 0 Å². The summed E-state index contributed by atoms with van der Waals surface area (Å²) in [5.41, 5.74) is 4.10. The SMILES string of the molecule is CCOc1ccccc1N1C(=O)C(Nc2cccc(Cl)c2C)=C(c2ccc(C)cc2)C1=O. The Morgan fingerprint density at radius 3 is 2.34 bits per heavy atom. The Balaban J connectivity index is 1.86. The molecular weight excluding hydrogens is 424 g/mol. The molecule has 0 aliphatic carbocycles. The molecular formula is C26H23ClN2O3. The van der Waals surface area contributed by atoms with Crippen LogP contribution in [-0.2, 0) is 9.59 Å². The molecule has 3 aromatic carbocycles. The number of hydrogen-bond donors (Lipinski definition) is 1. The van der Waals surface area contributed by atoms with Crippen LogP contribution in [0.3, 0.4) is 0 Å². The molecule has 4 rings (SSSR count). The van der Waals surface area contributed by atoms with Crippen molar-refractivity contribution < 1.29 is 14.3 Å². The number of nitrogens with zero attached hydrogens (tertiary/aromatic N) is 1. The molecule has 3 aromatic rings. The molecule has 2 amide bonds. The van der Waals surface area contributed by atoms with E-state index in [-0.39, 0.29) is 5.70 Å². The second-order valence-corrected chi connectivity index (χ2v) is 7.91. The van der Waals surface area contributed by atoms with Gasteiger partial charge >= 0.3 is 0 Å². The maximum Gasteiger partial charge on any atom is 0.282 e. The third kappa shape index (κ3) is 3.87. The Hall–Kier alpha value is -3.57. The topological polar surface area (TPSA) is 58.6 Å². The van der Waals surface area contributed by atoms with Crippen molar-refractivity contribution in [1.82, 2.24) is 0 Å². The largest absolute Gasteiger partial charge is 0.492 e. The highest BCUT2D eigenvalue weighted by Gasteiger charge is 2.41. The summed E-state index contributed by atoms with van der Waals surface area (Å²) in [5, 5.41) is 3.76. The molecule has 0 unspecified atom stereocenters. The van der Waals surface area contributed by atoms with Crippen LogP contribution in [0.5, 0.6) is 5.75 Å². The number of hydrogen-bond acceptors (Lipinski definition) is 4. The number of carbonyl (C=O) groups excluding carboxylic acids is 2. The number of benzene rings is 3. The Labute approximate surface area is 192 Å². The fraction of sp³-hybridized carbons (Fsp3) is 0.154. The number of ether oxygens (including phenoxy) is 1. The van der Waals surface area contributed by atoms with Crippen LogP contribution in [0.15, 0.2) is 72.4 Å². The zero-order chi connectivity index (χ0) is 22.8. The van der Waals surface area contributed by atoms with Gasteiger partial charge in [0.25, 0.3) is 11.8 Å². The van der Waals surface area contributed by atoms with Gasteiger partial charge in [-0.25, -0.2) is 4.90 Å². The van der Waals surface area contributed by atoms with Crippen molar-refractivity contribution >= 4 is 40.4 Å². The summed E-state index contributed by atoms with van der Waals surface area (Å²) in [5.74, 6) is -0.384. The van der Waals surface area contributed by atoms with E-state index in [2.05, 4.69) is 5.32 Å². The normalized spacial score (nSPS) is 13.7. The first-order valence-electron chi connectivity index (χ1n) is 10.4. The standard InChI is InChI=1S/C26H23ClN2O3/c1-4-32-22-11-6-5-10-21(22)29-25(30)23(18-14-12-16(2)13-15-18)24(26(29)31)28-20-9-7-8-19(27)17(20)3/h5-15,28H,4H2,1-3H3. The maximum atomic E-state index is 13.6. The van der Waals surface area contributed by atoms with Gasteiger partial charge in [0.2, 0.25) is 0 Å². The first kappa shape index (κ1) is 21.7. The van der Waals surface area contributed by atoms with Gasteiger partial charge in [-0.2, -0.15) is 0 Å². The van der Waals surface area contributed by atoms with Crippen LogP contribution in [0.4, 0.5) is 11.4 Å². The number of rotatable bonds is 6. The van der Waals surface area contributed by atoms with Crippen LogP contribution in [0.1, 0.15) is 23.6 Å². The van der Waals surface area contributed by atoms with E-state index in [0.29, 0.717) is 39.9 Å². The molecule has 6 heteroatoms.